The maximum Gasteiger partial charge on any atom is 0.282 e. The fourth-order valence-corrected chi connectivity index (χ4v) is 3.45. The van der Waals surface area contributed by atoms with E-state index in [9.17, 15) is 9.59 Å². The number of amides is 2. The third-order valence-corrected chi connectivity index (χ3v) is 5.05. The molecule has 0 spiro atoms. The van der Waals surface area contributed by atoms with Crippen LogP contribution in [0, 0.1) is 13.8 Å². The standard InChI is InChI=1S/C24H19ClN2O2/c1-15-6-8-17(9-7-15)21-22(26-19-5-3-4-16(2)14-19)24(29)27(23(21)28)20-12-10-18(25)11-13-20/h3-14,26H,1-2H3. The first-order valence-corrected chi connectivity index (χ1v) is 9.61. The smallest absolute Gasteiger partial charge is 0.282 e. The molecule has 1 N–H and O–H groups in total. The number of hydrogen-bond acceptors (Lipinski definition) is 3. The predicted octanol–water partition coefficient (Wildman–Crippen LogP) is 5.35. The summed E-state index contributed by atoms with van der Waals surface area (Å²) in [4.78, 5) is 27.8. The molecule has 0 fully saturated rings. The van der Waals surface area contributed by atoms with E-state index in [4.69, 9.17) is 11.6 Å². The summed E-state index contributed by atoms with van der Waals surface area (Å²) in [6.07, 6.45) is 0. The molecule has 0 radical (unpaired) electrons. The number of carbonyl (C=O) groups is 2. The van der Waals surface area contributed by atoms with Gasteiger partial charge >= 0.3 is 0 Å². The van der Waals surface area contributed by atoms with Crippen molar-refractivity contribution in [2.24, 2.45) is 0 Å². The molecular formula is C24H19ClN2O2. The van der Waals surface area contributed by atoms with Gasteiger partial charge in [-0.05, 0) is 61.4 Å². The van der Waals surface area contributed by atoms with Crippen LogP contribution in [0.25, 0.3) is 5.57 Å². The zero-order valence-corrected chi connectivity index (χ0v) is 16.8. The number of halogens is 1. The highest BCUT2D eigenvalue weighted by molar-refractivity contribution is 6.46. The van der Waals surface area contributed by atoms with Crippen LogP contribution in [0.15, 0.2) is 78.5 Å². The number of carbonyl (C=O) groups excluding carboxylic acids is 2. The summed E-state index contributed by atoms with van der Waals surface area (Å²) in [6.45, 7) is 3.95. The number of rotatable bonds is 4. The molecule has 0 aliphatic carbocycles. The van der Waals surface area contributed by atoms with Gasteiger partial charge in [-0.15, -0.1) is 0 Å². The molecule has 3 aromatic carbocycles. The Labute approximate surface area is 174 Å². The lowest BCUT2D eigenvalue weighted by atomic mass is 10.0. The number of anilines is 2. The molecule has 0 saturated heterocycles. The van der Waals surface area contributed by atoms with Crippen molar-refractivity contribution in [1.82, 2.24) is 0 Å². The average molecular weight is 403 g/mol. The number of nitrogens with one attached hydrogen (secondary N) is 1. The minimum Gasteiger partial charge on any atom is -0.350 e. The predicted molar refractivity (Wildman–Crippen MR) is 117 cm³/mol. The summed E-state index contributed by atoms with van der Waals surface area (Å²) in [5, 5.41) is 3.72. The third kappa shape index (κ3) is 3.67. The molecule has 144 valence electrons. The fraction of sp³-hybridized carbons (Fsp3) is 0.0833. The van der Waals surface area contributed by atoms with Gasteiger partial charge in [0, 0.05) is 10.7 Å². The lowest BCUT2D eigenvalue weighted by Crippen LogP contribution is -2.32. The highest BCUT2D eigenvalue weighted by atomic mass is 35.5. The van der Waals surface area contributed by atoms with Crippen LogP contribution in [0.4, 0.5) is 11.4 Å². The van der Waals surface area contributed by atoms with Crippen LogP contribution in [0.5, 0.6) is 0 Å². The second-order valence-corrected chi connectivity index (χ2v) is 7.47. The van der Waals surface area contributed by atoms with Crippen LogP contribution in [0.1, 0.15) is 16.7 Å². The molecule has 0 unspecified atom stereocenters. The number of hydrogen-bond donors (Lipinski definition) is 1. The molecule has 4 nitrogen and oxygen atoms in total. The topological polar surface area (TPSA) is 49.4 Å². The lowest BCUT2D eigenvalue weighted by Gasteiger charge is -2.15. The molecule has 1 aliphatic rings. The maximum atomic E-state index is 13.3. The molecule has 29 heavy (non-hydrogen) atoms. The van der Waals surface area contributed by atoms with Gasteiger partial charge in [-0.3, -0.25) is 9.59 Å². The molecule has 5 heteroatoms. The van der Waals surface area contributed by atoms with E-state index < -0.39 is 5.91 Å². The summed E-state index contributed by atoms with van der Waals surface area (Å²) in [5.41, 5.74) is 4.68. The van der Waals surface area contributed by atoms with Gasteiger partial charge in [0.25, 0.3) is 11.8 Å². The van der Waals surface area contributed by atoms with E-state index >= 15 is 0 Å². The second-order valence-electron chi connectivity index (χ2n) is 7.03. The van der Waals surface area contributed by atoms with Gasteiger partial charge in [0.15, 0.2) is 0 Å². The van der Waals surface area contributed by atoms with Crippen LogP contribution in [-0.4, -0.2) is 11.8 Å². The molecule has 1 aliphatic heterocycles. The number of benzene rings is 3. The quantitative estimate of drug-likeness (QED) is 0.598. The van der Waals surface area contributed by atoms with E-state index in [1.54, 1.807) is 24.3 Å². The summed E-state index contributed by atoms with van der Waals surface area (Å²) in [7, 11) is 0. The first-order valence-electron chi connectivity index (χ1n) is 9.23. The second kappa shape index (κ2) is 7.57. The van der Waals surface area contributed by atoms with Gasteiger partial charge in [0.05, 0.1) is 11.3 Å². The molecule has 1 heterocycles. The molecule has 0 aromatic heterocycles. The molecule has 0 atom stereocenters. The maximum absolute atomic E-state index is 13.3. The minimum absolute atomic E-state index is 0.263. The summed E-state index contributed by atoms with van der Waals surface area (Å²) >= 11 is 5.97. The van der Waals surface area contributed by atoms with E-state index in [-0.39, 0.29) is 11.6 Å². The molecule has 3 aromatic rings. The first kappa shape index (κ1) is 19.0. The Morgan fingerprint density at radius 2 is 1.48 bits per heavy atom. The monoisotopic (exact) mass is 402 g/mol. The van der Waals surface area contributed by atoms with E-state index in [1.807, 2.05) is 62.4 Å². The Bertz CT molecular complexity index is 1130. The molecule has 0 bridgehead atoms. The van der Waals surface area contributed by atoms with Crippen molar-refractivity contribution in [2.75, 3.05) is 10.2 Å². The normalized spacial score (nSPS) is 14.0. The van der Waals surface area contributed by atoms with E-state index in [0.717, 1.165) is 16.8 Å². The van der Waals surface area contributed by atoms with Crippen molar-refractivity contribution in [2.45, 2.75) is 13.8 Å². The highest BCUT2D eigenvalue weighted by Crippen LogP contribution is 2.34. The number of aryl methyl sites for hydroxylation is 2. The molecule has 0 saturated carbocycles. The lowest BCUT2D eigenvalue weighted by molar-refractivity contribution is -0.120. The van der Waals surface area contributed by atoms with Crippen LogP contribution < -0.4 is 10.2 Å². The van der Waals surface area contributed by atoms with Crippen LogP contribution in [0.2, 0.25) is 5.02 Å². The Kier molecular flexibility index (Phi) is 4.95. The van der Waals surface area contributed by atoms with Crippen LogP contribution in [0.3, 0.4) is 0 Å². The zero-order chi connectivity index (χ0) is 20.5. The van der Waals surface area contributed by atoms with Gasteiger partial charge < -0.3 is 5.32 Å². The molecule has 4 rings (SSSR count). The van der Waals surface area contributed by atoms with Crippen LogP contribution >= 0.6 is 11.6 Å². The number of nitrogens with zero attached hydrogens (tertiary/aromatic N) is 1. The third-order valence-electron chi connectivity index (χ3n) is 4.80. The summed E-state index contributed by atoms with van der Waals surface area (Å²) < 4.78 is 0. The Morgan fingerprint density at radius 1 is 0.793 bits per heavy atom. The van der Waals surface area contributed by atoms with Crippen molar-refractivity contribution in [1.29, 1.82) is 0 Å². The molecular weight excluding hydrogens is 384 g/mol. The van der Waals surface area contributed by atoms with Crippen molar-refractivity contribution in [3.63, 3.8) is 0 Å². The van der Waals surface area contributed by atoms with E-state index in [1.165, 1.54) is 4.90 Å². The Balaban J connectivity index is 1.82. The fourth-order valence-electron chi connectivity index (χ4n) is 3.33. The van der Waals surface area contributed by atoms with Crippen molar-refractivity contribution in [3.8, 4) is 0 Å². The largest absolute Gasteiger partial charge is 0.350 e. The van der Waals surface area contributed by atoms with Gasteiger partial charge in [0.2, 0.25) is 0 Å². The van der Waals surface area contributed by atoms with E-state index in [0.29, 0.717) is 21.8 Å². The zero-order valence-electron chi connectivity index (χ0n) is 16.1. The minimum atomic E-state index is -0.394. The number of imide groups is 1. The van der Waals surface area contributed by atoms with Crippen molar-refractivity contribution < 1.29 is 9.59 Å². The summed E-state index contributed by atoms with van der Waals surface area (Å²) in [5.74, 6) is -0.759. The average Bonchev–Trinajstić information content (AvgIpc) is 2.93. The molecule has 2 amide bonds. The van der Waals surface area contributed by atoms with Gasteiger partial charge in [-0.1, -0.05) is 53.6 Å². The van der Waals surface area contributed by atoms with Gasteiger partial charge in [-0.2, -0.15) is 0 Å². The highest BCUT2D eigenvalue weighted by Gasteiger charge is 2.40. The SMILES string of the molecule is Cc1ccc(C2=C(Nc3cccc(C)c3)C(=O)N(c3ccc(Cl)cc3)C2=O)cc1. The Morgan fingerprint density at radius 3 is 2.14 bits per heavy atom. The van der Waals surface area contributed by atoms with Crippen LogP contribution in [-0.2, 0) is 9.59 Å². The van der Waals surface area contributed by atoms with Gasteiger partial charge in [-0.25, -0.2) is 4.90 Å². The Hall–Kier alpha value is -3.37. The van der Waals surface area contributed by atoms with E-state index in [2.05, 4.69) is 5.32 Å². The first-order chi connectivity index (χ1) is 13.9. The summed E-state index contributed by atoms with van der Waals surface area (Å²) in [6, 6.07) is 21.9. The van der Waals surface area contributed by atoms with Crippen molar-refractivity contribution >= 4 is 40.4 Å². The van der Waals surface area contributed by atoms with Crippen molar-refractivity contribution in [3.05, 3.63) is 100 Å². The van der Waals surface area contributed by atoms with Gasteiger partial charge in [0.1, 0.15) is 5.70 Å².